The molecule has 1 aliphatic rings. The fourth-order valence-corrected chi connectivity index (χ4v) is 6.61. The van der Waals surface area contributed by atoms with Crippen LogP contribution in [0.5, 0.6) is 0 Å². The van der Waals surface area contributed by atoms with Gasteiger partial charge in [0.15, 0.2) is 5.65 Å². The predicted octanol–water partition coefficient (Wildman–Crippen LogP) is 5.34. The Hall–Kier alpha value is -4.13. The van der Waals surface area contributed by atoms with Gasteiger partial charge in [0.25, 0.3) is 11.5 Å². The van der Waals surface area contributed by atoms with Crippen LogP contribution in [0, 0.1) is 6.92 Å². The Labute approximate surface area is 227 Å². The summed E-state index contributed by atoms with van der Waals surface area (Å²) in [6, 6.07) is 13.8. The molecule has 40 heavy (non-hydrogen) atoms. The largest absolute Gasteiger partial charge is 0.433 e. The number of para-hydroxylation sites is 2. The van der Waals surface area contributed by atoms with Crippen molar-refractivity contribution >= 4 is 33.0 Å². The Morgan fingerprint density at radius 2 is 1.62 bits per heavy atom. The third-order valence-corrected chi connectivity index (χ3v) is 8.81. The van der Waals surface area contributed by atoms with Gasteiger partial charge in [0, 0.05) is 0 Å². The highest BCUT2D eigenvalue weighted by molar-refractivity contribution is 7.93. The second-order valence-electron chi connectivity index (χ2n) is 9.67. The van der Waals surface area contributed by atoms with Crippen LogP contribution >= 0.6 is 0 Å². The van der Waals surface area contributed by atoms with Crippen LogP contribution in [-0.4, -0.2) is 34.2 Å². The van der Waals surface area contributed by atoms with Gasteiger partial charge in [0.1, 0.15) is 11.3 Å². The molecule has 9 nitrogen and oxygen atoms in total. The maximum Gasteiger partial charge on any atom is 0.433 e. The molecule has 0 radical (unpaired) electrons. The van der Waals surface area contributed by atoms with E-state index in [1.54, 1.807) is 30.3 Å². The molecule has 4 aromatic rings. The highest BCUT2D eigenvalue weighted by atomic mass is 32.2. The first kappa shape index (κ1) is 27.4. The van der Waals surface area contributed by atoms with E-state index in [2.05, 4.69) is 20.1 Å². The summed E-state index contributed by atoms with van der Waals surface area (Å²) in [6.45, 7) is 1.35. The number of fused-ring (bicyclic) bond motifs is 1. The van der Waals surface area contributed by atoms with Crippen LogP contribution in [0.2, 0.25) is 0 Å². The first-order valence-corrected chi connectivity index (χ1v) is 14.2. The van der Waals surface area contributed by atoms with Gasteiger partial charge in [-0.25, -0.2) is 13.4 Å². The number of sulfonamides is 1. The number of benzene rings is 2. The van der Waals surface area contributed by atoms with E-state index < -0.39 is 44.2 Å². The van der Waals surface area contributed by atoms with E-state index in [9.17, 15) is 31.2 Å². The van der Waals surface area contributed by atoms with Crippen molar-refractivity contribution in [3.05, 3.63) is 81.9 Å². The molecule has 3 N–H and O–H groups in total. The van der Waals surface area contributed by atoms with Crippen LogP contribution in [0.15, 0.2) is 59.4 Å². The van der Waals surface area contributed by atoms with Crippen LogP contribution in [0.25, 0.3) is 16.8 Å². The molecule has 0 saturated heterocycles. The average Bonchev–Trinajstić information content (AvgIpc) is 3.31. The first-order chi connectivity index (χ1) is 19.0. The number of hydrogen-bond acceptors (Lipinski definition) is 5. The molecule has 0 atom stereocenters. The SMILES string of the molecule is Cc1nc2c(-c3ccccc3)c(C(F)(F)F)[nH]n2c(=O)c1C(=O)Nc1ccccc1NS(=O)(=O)C1CCCCC1. The Morgan fingerprint density at radius 3 is 2.27 bits per heavy atom. The second-order valence-corrected chi connectivity index (χ2v) is 11.6. The van der Waals surface area contributed by atoms with E-state index in [-0.39, 0.29) is 33.8 Å². The lowest BCUT2D eigenvalue weighted by molar-refractivity contribution is -0.140. The molecule has 0 aliphatic heterocycles. The van der Waals surface area contributed by atoms with Crippen molar-refractivity contribution in [3.8, 4) is 11.1 Å². The maximum absolute atomic E-state index is 14.0. The third-order valence-electron chi connectivity index (χ3n) is 6.95. The quantitative estimate of drug-likeness (QED) is 0.287. The summed E-state index contributed by atoms with van der Waals surface area (Å²) in [4.78, 5) is 30.9. The van der Waals surface area contributed by atoms with Crippen molar-refractivity contribution in [2.24, 2.45) is 0 Å². The summed E-state index contributed by atoms with van der Waals surface area (Å²) < 4.78 is 70.9. The van der Waals surface area contributed by atoms with E-state index in [0.717, 1.165) is 19.3 Å². The molecule has 13 heteroatoms. The predicted molar refractivity (Wildman–Crippen MR) is 145 cm³/mol. The Balaban J connectivity index is 1.53. The minimum atomic E-state index is -4.84. The summed E-state index contributed by atoms with van der Waals surface area (Å²) in [6.07, 6.45) is -1.17. The third kappa shape index (κ3) is 5.20. The zero-order chi connectivity index (χ0) is 28.7. The van der Waals surface area contributed by atoms with Crippen molar-refractivity contribution in [1.82, 2.24) is 14.6 Å². The molecule has 2 heterocycles. The highest BCUT2D eigenvalue weighted by Gasteiger charge is 2.38. The van der Waals surface area contributed by atoms with Gasteiger partial charge in [-0.3, -0.25) is 19.4 Å². The number of amides is 1. The number of nitrogens with zero attached hydrogens (tertiary/aromatic N) is 2. The number of anilines is 2. The van der Waals surface area contributed by atoms with Gasteiger partial charge in [-0.15, -0.1) is 0 Å². The van der Waals surface area contributed by atoms with Crippen LogP contribution in [0.3, 0.4) is 0 Å². The molecule has 0 bridgehead atoms. The number of aromatic nitrogens is 3. The molecular weight excluding hydrogens is 547 g/mol. The van der Waals surface area contributed by atoms with Gasteiger partial charge in [0.05, 0.1) is 27.9 Å². The second kappa shape index (κ2) is 10.5. The number of alkyl halides is 3. The molecule has 1 amide bonds. The molecule has 210 valence electrons. The maximum atomic E-state index is 14.0. The molecule has 1 saturated carbocycles. The van der Waals surface area contributed by atoms with Gasteiger partial charge in [-0.1, -0.05) is 61.7 Å². The van der Waals surface area contributed by atoms with Crippen LogP contribution in [-0.2, 0) is 16.2 Å². The molecule has 0 spiro atoms. The van der Waals surface area contributed by atoms with Crippen LogP contribution in [0.1, 0.15) is 53.8 Å². The van der Waals surface area contributed by atoms with Crippen molar-refractivity contribution in [1.29, 1.82) is 0 Å². The van der Waals surface area contributed by atoms with Crippen molar-refractivity contribution in [2.45, 2.75) is 50.5 Å². The number of aromatic amines is 1. The lowest BCUT2D eigenvalue weighted by Crippen LogP contribution is -2.31. The summed E-state index contributed by atoms with van der Waals surface area (Å²) in [5.74, 6) is -0.946. The summed E-state index contributed by atoms with van der Waals surface area (Å²) in [7, 11) is -3.74. The lowest BCUT2D eigenvalue weighted by atomic mass is 10.0. The monoisotopic (exact) mass is 573 g/mol. The molecule has 0 unspecified atom stereocenters. The number of hydrogen-bond donors (Lipinski definition) is 3. The summed E-state index contributed by atoms with van der Waals surface area (Å²) >= 11 is 0. The fraction of sp³-hybridized carbons (Fsp3) is 0.296. The van der Waals surface area contributed by atoms with E-state index in [0.29, 0.717) is 17.4 Å². The van der Waals surface area contributed by atoms with E-state index in [1.165, 1.54) is 31.2 Å². The molecule has 1 aliphatic carbocycles. The fourth-order valence-electron chi connectivity index (χ4n) is 5.00. The summed E-state index contributed by atoms with van der Waals surface area (Å²) in [5, 5.41) is 4.05. The zero-order valence-electron chi connectivity index (χ0n) is 21.4. The Morgan fingerprint density at radius 1 is 1.00 bits per heavy atom. The number of nitrogens with one attached hydrogen (secondary N) is 3. The molecular formula is C27H26F3N5O4S. The van der Waals surface area contributed by atoms with Gasteiger partial charge >= 0.3 is 6.18 Å². The van der Waals surface area contributed by atoms with Gasteiger partial charge in [0.2, 0.25) is 10.0 Å². The molecule has 1 fully saturated rings. The standard InChI is InChI=1S/C27H26F3N5O4S/c1-16-21(25(36)32-19-14-8-9-15-20(19)34-40(38,39)18-12-6-3-7-13-18)26(37)35-24(31-16)22(17-10-4-2-5-11-17)23(33-35)27(28,29)30/h2,4-5,8-11,14-15,18,33-34H,3,6-7,12-13H2,1H3,(H,32,36). The highest BCUT2D eigenvalue weighted by Crippen LogP contribution is 2.38. The number of aryl methyl sites for hydroxylation is 1. The topological polar surface area (TPSA) is 125 Å². The number of halogens is 3. The average molecular weight is 574 g/mol. The van der Waals surface area contributed by atoms with Crippen LogP contribution in [0.4, 0.5) is 24.5 Å². The minimum Gasteiger partial charge on any atom is -0.320 e. The smallest absolute Gasteiger partial charge is 0.320 e. The van der Waals surface area contributed by atoms with Crippen molar-refractivity contribution < 1.29 is 26.4 Å². The minimum absolute atomic E-state index is 0.0863. The van der Waals surface area contributed by atoms with Gasteiger partial charge in [-0.2, -0.15) is 17.7 Å². The number of rotatable bonds is 6. The number of H-pyrrole nitrogens is 1. The van der Waals surface area contributed by atoms with Gasteiger partial charge < -0.3 is 5.32 Å². The lowest BCUT2D eigenvalue weighted by Gasteiger charge is -2.23. The number of carbonyl (C=O) groups is 1. The molecule has 2 aromatic carbocycles. The van der Waals surface area contributed by atoms with E-state index in [1.807, 2.05) is 0 Å². The van der Waals surface area contributed by atoms with Gasteiger partial charge in [-0.05, 0) is 37.5 Å². The first-order valence-electron chi connectivity index (χ1n) is 12.7. The zero-order valence-corrected chi connectivity index (χ0v) is 22.2. The van der Waals surface area contributed by atoms with Crippen molar-refractivity contribution in [3.63, 3.8) is 0 Å². The number of carbonyl (C=O) groups excluding carboxylic acids is 1. The van der Waals surface area contributed by atoms with E-state index >= 15 is 0 Å². The molecule has 5 rings (SSSR count). The molecule has 2 aromatic heterocycles. The van der Waals surface area contributed by atoms with Crippen LogP contribution < -0.4 is 15.6 Å². The summed E-state index contributed by atoms with van der Waals surface area (Å²) in [5.41, 5.74) is -3.00. The van der Waals surface area contributed by atoms with Crippen molar-refractivity contribution in [2.75, 3.05) is 10.0 Å². The Kier molecular flexibility index (Phi) is 7.17. The normalized spacial score (nSPS) is 14.8. The van der Waals surface area contributed by atoms with E-state index in [4.69, 9.17) is 0 Å². The Bertz CT molecular complexity index is 1740.